The molecule has 0 saturated carbocycles. The fraction of sp³-hybridized carbons (Fsp3) is 0.0800. The molecule has 0 aromatic heterocycles. The van der Waals surface area contributed by atoms with Crippen LogP contribution in [0.1, 0.15) is 28.4 Å². The Hall–Kier alpha value is -2.52. The summed E-state index contributed by atoms with van der Waals surface area (Å²) in [5, 5.41) is 7.16. The minimum atomic E-state index is -0.278. The molecule has 2 nitrogen and oxygen atoms in total. The Balaban J connectivity index is 1.64. The second-order valence-corrected chi connectivity index (χ2v) is 8.32. The van der Waals surface area contributed by atoms with Gasteiger partial charge >= 0.3 is 0 Å². The number of anilines is 1. The van der Waals surface area contributed by atoms with E-state index in [0.29, 0.717) is 20.6 Å². The number of hydrogen-bond acceptors (Lipinski definition) is 2. The van der Waals surface area contributed by atoms with Crippen molar-refractivity contribution in [3.8, 4) is 0 Å². The number of fused-ring (bicyclic) bond motifs is 1. The Kier molecular flexibility index (Phi) is 6.29. The van der Waals surface area contributed by atoms with Crippen molar-refractivity contribution in [2.45, 2.75) is 12.5 Å². The van der Waals surface area contributed by atoms with Crippen LogP contribution in [0.5, 0.6) is 0 Å². The first-order valence-corrected chi connectivity index (χ1v) is 10.6. The van der Waals surface area contributed by atoms with E-state index in [-0.39, 0.29) is 18.2 Å². The van der Waals surface area contributed by atoms with E-state index in [1.165, 1.54) is 0 Å². The number of carbonyl (C=O) groups is 1. The van der Waals surface area contributed by atoms with Crippen LogP contribution in [0, 0.1) is 0 Å². The molecule has 4 aromatic carbocycles. The van der Waals surface area contributed by atoms with E-state index in [2.05, 4.69) is 5.32 Å². The molecule has 1 N–H and O–H groups in total. The predicted molar refractivity (Wildman–Crippen MR) is 127 cm³/mol. The summed E-state index contributed by atoms with van der Waals surface area (Å²) in [5.41, 5.74) is 2.42. The van der Waals surface area contributed by atoms with Crippen molar-refractivity contribution in [3.63, 3.8) is 0 Å². The molecule has 0 aliphatic heterocycles. The third-order valence-electron chi connectivity index (χ3n) is 4.99. The van der Waals surface area contributed by atoms with E-state index < -0.39 is 0 Å². The van der Waals surface area contributed by atoms with Crippen LogP contribution in [0.3, 0.4) is 0 Å². The largest absolute Gasteiger partial charge is 0.378 e. The summed E-state index contributed by atoms with van der Waals surface area (Å²) >= 11 is 18.3. The number of benzene rings is 4. The summed E-state index contributed by atoms with van der Waals surface area (Å²) < 4.78 is 0. The maximum Gasteiger partial charge on any atom is 0.165 e. The third-order valence-corrected chi connectivity index (χ3v) is 5.98. The molecule has 0 spiro atoms. The van der Waals surface area contributed by atoms with Crippen LogP contribution >= 0.6 is 34.8 Å². The van der Waals surface area contributed by atoms with Gasteiger partial charge in [0.15, 0.2) is 5.78 Å². The molecular weight excluding hydrogens is 437 g/mol. The van der Waals surface area contributed by atoms with Crippen LogP contribution in [0.4, 0.5) is 5.69 Å². The molecular formula is C25H18Cl3NO. The zero-order valence-electron chi connectivity index (χ0n) is 15.9. The number of carbonyl (C=O) groups excluding carboxylic acids is 1. The van der Waals surface area contributed by atoms with Gasteiger partial charge in [-0.25, -0.2) is 0 Å². The lowest BCUT2D eigenvalue weighted by Crippen LogP contribution is -2.16. The van der Waals surface area contributed by atoms with Gasteiger partial charge in [0.2, 0.25) is 0 Å². The summed E-state index contributed by atoms with van der Waals surface area (Å²) in [4.78, 5) is 13.1. The molecule has 0 aliphatic carbocycles. The van der Waals surface area contributed by atoms with E-state index in [0.717, 1.165) is 22.0 Å². The number of Topliss-reactive ketones (excluding diaryl/α,β-unsaturated/α-hetero) is 1. The zero-order chi connectivity index (χ0) is 21.1. The molecule has 1 unspecified atom stereocenters. The molecule has 30 heavy (non-hydrogen) atoms. The van der Waals surface area contributed by atoms with Crippen LogP contribution in [-0.4, -0.2) is 5.78 Å². The van der Waals surface area contributed by atoms with Crippen molar-refractivity contribution in [1.82, 2.24) is 0 Å². The van der Waals surface area contributed by atoms with Gasteiger partial charge < -0.3 is 5.32 Å². The molecule has 5 heteroatoms. The fourth-order valence-corrected chi connectivity index (χ4v) is 3.83. The number of hydrogen-bond donors (Lipinski definition) is 1. The van der Waals surface area contributed by atoms with Crippen molar-refractivity contribution in [2.75, 3.05) is 5.32 Å². The van der Waals surface area contributed by atoms with Crippen molar-refractivity contribution in [2.24, 2.45) is 0 Å². The minimum absolute atomic E-state index is 0.0401. The SMILES string of the molecule is O=C(CC(Nc1ccc(Cl)cc1)c1ccc(Cl)c(Cl)c1)c1ccc2ccccc2c1. The summed E-state index contributed by atoms with van der Waals surface area (Å²) in [7, 11) is 0. The van der Waals surface area contributed by atoms with Gasteiger partial charge in [0.05, 0.1) is 16.1 Å². The van der Waals surface area contributed by atoms with Gasteiger partial charge in [0.25, 0.3) is 0 Å². The average Bonchev–Trinajstić information content (AvgIpc) is 2.76. The lowest BCUT2D eigenvalue weighted by atomic mass is 9.96. The predicted octanol–water partition coefficient (Wildman–Crippen LogP) is 8.23. The molecule has 0 heterocycles. The number of ketones is 1. The first-order valence-electron chi connectivity index (χ1n) is 9.49. The van der Waals surface area contributed by atoms with Crippen molar-refractivity contribution in [3.05, 3.63) is 111 Å². The van der Waals surface area contributed by atoms with Crippen LogP contribution in [0.2, 0.25) is 15.1 Å². The van der Waals surface area contributed by atoms with E-state index in [9.17, 15) is 4.79 Å². The number of rotatable bonds is 6. The van der Waals surface area contributed by atoms with Crippen molar-refractivity contribution < 1.29 is 4.79 Å². The van der Waals surface area contributed by atoms with Gasteiger partial charge in [-0.15, -0.1) is 0 Å². The molecule has 0 bridgehead atoms. The first kappa shape index (κ1) is 20.7. The molecule has 1 atom stereocenters. The summed E-state index contributed by atoms with van der Waals surface area (Å²) in [6.07, 6.45) is 0.263. The molecule has 0 amide bonds. The Labute approximate surface area is 190 Å². The third kappa shape index (κ3) is 4.79. The topological polar surface area (TPSA) is 29.1 Å². The highest BCUT2D eigenvalue weighted by Crippen LogP contribution is 2.31. The molecule has 150 valence electrons. The van der Waals surface area contributed by atoms with Gasteiger partial charge in [-0.05, 0) is 58.8 Å². The van der Waals surface area contributed by atoms with E-state index in [1.807, 2.05) is 60.7 Å². The molecule has 0 radical (unpaired) electrons. The molecule has 4 rings (SSSR count). The fourth-order valence-electron chi connectivity index (χ4n) is 3.39. The second-order valence-electron chi connectivity index (χ2n) is 7.07. The smallest absolute Gasteiger partial charge is 0.165 e. The quantitative estimate of drug-likeness (QED) is 0.297. The van der Waals surface area contributed by atoms with Crippen LogP contribution in [0.15, 0.2) is 84.9 Å². The number of nitrogens with one attached hydrogen (secondary N) is 1. The molecule has 0 aliphatic rings. The van der Waals surface area contributed by atoms with Crippen LogP contribution in [-0.2, 0) is 0 Å². The van der Waals surface area contributed by atoms with Gasteiger partial charge in [0, 0.05) is 22.7 Å². The Morgan fingerprint density at radius 1 is 0.767 bits per heavy atom. The Morgan fingerprint density at radius 2 is 1.50 bits per heavy atom. The molecule has 4 aromatic rings. The summed E-state index contributed by atoms with van der Waals surface area (Å²) in [6, 6.07) is 26.3. The first-order chi connectivity index (χ1) is 14.5. The molecule has 0 fully saturated rings. The maximum absolute atomic E-state index is 13.1. The Bertz CT molecular complexity index is 1200. The highest BCUT2D eigenvalue weighted by atomic mass is 35.5. The summed E-state index contributed by atoms with van der Waals surface area (Å²) in [6.45, 7) is 0. The highest BCUT2D eigenvalue weighted by Gasteiger charge is 2.19. The highest BCUT2D eigenvalue weighted by molar-refractivity contribution is 6.42. The lowest BCUT2D eigenvalue weighted by molar-refractivity contribution is 0.0976. The zero-order valence-corrected chi connectivity index (χ0v) is 18.2. The second kappa shape index (κ2) is 9.09. The van der Waals surface area contributed by atoms with E-state index in [1.54, 1.807) is 24.3 Å². The lowest BCUT2D eigenvalue weighted by Gasteiger charge is -2.21. The van der Waals surface area contributed by atoms with Gasteiger partial charge in [-0.1, -0.05) is 77.3 Å². The molecule has 0 saturated heterocycles. The van der Waals surface area contributed by atoms with Gasteiger partial charge in [0.1, 0.15) is 0 Å². The van der Waals surface area contributed by atoms with Crippen LogP contribution in [0.25, 0.3) is 10.8 Å². The summed E-state index contributed by atoms with van der Waals surface area (Å²) in [5.74, 6) is 0.0401. The number of halogens is 3. The van der Waals surface area contributed by atoms with E-state index >= 15 is 0 Å². The maximum atomic E-state index is 13.1. The normalized spacial score (nSPS) is 12.0. The van der Waals surface area contributed by atoms with Crippen molar-refractivity contribution in [1.29, 1.82) is 0 Å². The average molecular weight is 455 g/mol. The van der Waals surface area contributed by atoms with Crippen LogP contribution < -0.4 is 5.32 Å². The van der Waals surface area contributed by atoms with E-state index in [4.69, 9.17) is 34.8 Å². The van der Waals surface area contributed by atoms with Crippen molar-refractivity contribution >= 4 is 57.0 Å². The van der Waals surface area contributed by atoms with Gasteiger partial charge in [-0.3, -0.25) is 4.79 Å². The standard InChI is InChI=1S/C25H18Cl3NO/c26-20-8-10-21(11-9-20)29-24(18-7-12-22(27)23(28)14-18)15-25(30)19-6-5-16-3-1-2-4-17(16)13-19/h1-14,24,29H,15H2. The Morgan fingerprint density at radius 3 is 2.23 bits per heavy atom. The van der Waals surface area contributed by atoms with Gasteiger partial charge in [-0.2, -0.15) is 0 Å². The minimum Gasteiger partial charge on any atom is -0.378 e. The monoisotopic (exact) mass is 453 g/mol.